The zero-order valence-corrected chi connectivity index (χ0v) is 19.0. The zero-order valence-electron chi connectivity index (χ0n) is 18.2. The van der Waals surface area contributed by atoms with Crippen LogP contribution in [0.25, 0.3) is 16.6 Å². The van der Waals surface area contributed by atoms with E-state index >= 15 is 0 Å². The maximum atomic E-state index is 13.1. The SMILES string of the molecule is O=C(NCCC[NH+]1CCOCC1)c1ccc2c(=O)n(-c3cccc(C(F)(F)F)c3)c(=S)[nH]c2c1. The minimum absolute atomic E-state index is 0.00666. The van der Waals surface area contributed by atoms with Crippen LogP contribution in [0.5, 0.6) is 0 Å². The monoisotopic (exact) mass is 493 g/mol. The maximum Gasteiger partial charge on any atom is 0.416 e. The number of aromatic nitrogens is 2. The van der Waals surface area contributed by atoms with E-state index in [9.17, 15) is 22.8 Å². The van der Waals surface area contributed by atoms with E-state index < -0.39 is 17.3 Å². The van der Waals surface area contributed by atoms with Gasteiger partial charge in [0.15, 0.2) is 4.77 Å². The van der Waals surface area contributed by atoms with Crippen molar-refractivity contribution in [2.45, 2.75) is 12.6 Å². The van der Waals surface area contributed by atoms with Gasteiger partial charge in [-0.3, -0.25) is 14.2 Å². The molecule has 0 saturated carbocycles. The minimum Gasteiger partial charge on any atom is -0.370 e. The average molecular weight is 494 g/mol. The number of aromatic amines is 1. The summed E-state index contributed by atoms with van der Waals surface area (Å²) >= 11 is 5.26. The van der Waals surface area contributed by atoms with Gasteiger partial charge in [0.1, 0.15) is 13.1 Å². The third kappa shape index (κ3) is 5.37. The number of nitrogens with one attached hydrogen (secondary N) is 3. The number of hydrogen-bond acceptors (Lipinski definition) is 4. The van der Waals surface area contributed by atoms with Crippen molar-refractivity contribution in [3.8, 4) is 5.69 Å². The second-order valence-corrected chi connectivity index (χ2v) is 8.49. The topological polar surface area (TPSA) is 80.6 Å². The molecule has 3 N–H and O–H groups in total. The van der Waals surface area contributed by atoms with E-state index in [4.69, 9.17) is 17.0 Å². The highest BCUT2D eigenvalue weighted by molar-refractivity contribution is 7.71. The maximum absolute atomic E-state index is 13.1. The van der Waals surface area contributed by atoms with Gasteiger partial charge in [-0.25, -0.2) is 0 Å². The number of benzene rings is 2. The summed E-state index contributed by atoms with van der Waals surface area (Å²) < 4.78 is 45.6. The summed E-state index contributed by atoms with van der Waals surface area (Å²) in [5.41, 5.74) is -0.754. The molecular weight excluding hydrogens is 469 g/mol. The van der Waals surface area contributed by atoms with Gasteiger partial charge in [0, 0.05) is 18.5 Å². The van der Waals surface area contributed by atoms with Crippen LogP contribution in [0, 0.1) is 4.77 Å². The van der Waals surface area contributed by atoms with E-state index in [1.165, 1.54) is 35.2 Å². The molecule has 0 aliphatic carbocycles. The van der Waals surface area contributed by atoms with Crippen molar-refractivity contribution >= 4 is 29.0 Å². The number of alkyl halides is 3. The molecule has 1 amide bonds. The van der Waals surface area contributed by atoms with E-state index in [0.29, 0.717) is 17.6 Å². The fourth-order valence-corrected chi connectivity index (χ4v) is 4.27. The molecule has 2 aromatic carbocycles. The summed E-state index contributed by atoms with van der Waals surface area (Å²) in [5.74, 6) is -0.278. The van der Waals surface area contributed by atoms with Gasteiger partial charge < -0.3 is 19.9 Å². The minimum atomic E-state index is -4.55. The molecule has 3 aromatic rings. The van der Waals surface area contributed by atoms with E-state index in [1.54, 1.807) is 0 Å². The molecule has 1 aliphatic rings. The van der Waals surface area contributed by atoms with Crippen molar-refractivity contribution in [2.75, 3.05) is 39.4 Å². The van der Waals surface area contributed by atoms with Crippen LogP contribution in [-0.2, 0) is 10.9 Å². The first-order chi connectivity index (χ1) is 16.2. The number of halogens is 3. The van der Waals surface area contributed by atoms with Crippen molar-refractivity contribution < 1.29 is 27.6 Å². The Balaban J connectivity index is 1.52. The summed E-state index contributed by atoms with van der Waals surface area (Å²) in [7, 11) is 0. The molecular formula is C23H24F3N4O3S+. The molecule has 11 heteroatoms. The number of amides is 1. The van der Waals surface area contributed by atoms with Gasteiger partial charge in [0.05, 0.1) is 41.9 Å². The van der Waals surface area contributed by atoms with E-state index in [1.807, 2.05) is 0 Å². The van der Waals surface area contributed by atoms with Crippen LogP contribution < -0.4 is 15.8 Å². The summed E-state index contributed by atoms with van der Waals surface area (Å²) in [6.07, 6.45) is -3.72. The molecule has 0 atom stereocenters. The number of rotatable bonds is 6. The number of quaternary nitrogens is 1. The number of morpholine rings is 1. The highest BCUT2D eigenvalue weighted by atomic mass is 32.1. The lowest BCUT2D eigenvalue weighted by molar-refractivity contribution is -0.908. The summed E-state index contributed by atoms with van der Waals surface area (Å²) in [4.78, 5) is 29.9. The van der Waals surface area contributed by atoms with Gasteiger partial charge in [-0.1, -0.05) is 6.07 Å². The molecule has 180 valence electrons. The zero-order chi connectivity index (χ0) is 24.3. The van der Waals surface area contributed by atoms with Gasteiger partial charge >= 0.3 is 6.18 Å². The Morgan fingerprint density at radius 2 is 1.94 bits per heavy atom. The average Bonchev–Trinajstić information content (AvgIpc) is 2.81. The molecule has 1 aromatic heterocycles. The number of ether oxygens (including phenoxy) is 1. The quantitative estimate of drug-likeness (QED) is 0.363. The van der Waals surface area contributed by atoms with Gasteiger partial charge in [0.2, 0.25) is 0 Å². The van der Waals surface area contributed by atoms with Gasteiger partial charge in [-0.2, -0.15) is 13.2 Å². The summed E-state index contributed by atoms with van der Waals surface area (Å²) in [6, 6.07) is 8.90. The predicted octanol–water partition coefficient (Wildman–Crippen LogP) is 2.10. The summed E-state index contributed by atoms with van der Waals surface area (Å²) in [6.45, 7) is 4.93. The van der Waals surface area contributed by atoms with E-state index in [2.05, 4.69) is 10.3 Å². The fourth-order valence-electron chi connectivity index (χ4n) is 3.97. The Morgan fingerprint density at radius 3 is 2.68 bits per heavy atom. The lowest BCUT2D eigenvalue weighted by Crippen LogP contribution is -3.14. The van der Waals surface area contributed by atoms with Crippen LogP contribution in [0.2, 0.25) is 0 Å². The fraction of sp³-hybridized carbons (Fsp3) is 0.348. The predicted molar refractivity (Wildman–Crippen MR) is 123 cm³/mol. The molecule has 2 heterocycles. The summed E-state index contributed by atoms with van der Waals surface area (Å²) in [5, 5.41) is 3.08. The second kappa shape index (κ2) is 10.1. The van der Waals surface area contributed by atoms with E-state index in [-0.39, 0.29) is 21.8 Å². The number of fused-ring (bicyclic) bond motifs is 1. The number of H-pyrrole nitrogens is 1. The lowest BCUT2D eigenvalue weighted by atomic mass is 10.1. The Morgan fingerprint density at radius 1 is 1.18 bits per heavy atom. The first-order valence-corrected chi connectivity index (χ1v) is 11.3. The molecule has 1 saturated heterocycles. The molecule has 7 nitrogen and oxygen atoms in total. The van der Waals surface area contributed by atoms with Gasteiger partial charge in [0.25, 0.3) is 11.5 Å². The molecule has 1 aliphatic heterocycles. The molecule has 4 rings (SSSR count). The Bertz CT molecular complexity index is 1310. The highest BCUT2D eigenvalue weighted by Gasteiger charge is 2.30. The van der Waals surface area contributed by atoms with Crippen LogP contribution in [0.4, 0.5) is 13.2 Å². The third-order valence-electron chi connectivity index (χ3n) is 5.78. The number of carbonyl (C=O) groups is 1. The molecule has 1 fully saturated rings. The van der Waals surface area contributed by atoms with Crippen molar-refractivity contribution in [2.24, 2.45) is 0 Å². The van der Waals surface area contributed by atoms with Crippen LogP contribution in [0.15, 0.2) is 47.3 Å². The molecule has 0 unspecified atom stereocenters. The van der Waals surface area contributed by atoms with Crippen molar-refractivity contribution in [1.82, 2.24) is 14.9 Å². The Hall–Kier alpha value is -3.02. The second-order valence-electron chi connectivity index (χ2n) is 8.10. The van der Waals surface area contributed by atoms with Gasteiger partial charge in [-0.15, -0.1) is 0 Å². The molecule has 0 spiro atoms. The van der Waals surface area contributed by atoms with Crippen molar-refractivity contribution in [3.63, 3.8) is 0 Å². The van der Waals surface area contributed by atoms with Crippen LogP contribution >= 0.6 is 12.2 Å². The Labute approximate surface area is 198 Å². The van der Waals surface area contributed by atoms with Crippen LogP contribution in [0.1, 0.15) is 22.3 Å². The number of hydrogen-bond donors (Lipinski definition) is 3. The first-order valence-electron chi connectivity index (χ1n) is 10.9. The number of carbonyl (C=O) groups excluding carboxylic acids is 1. The van der Waals surface area contributed by atoms with Gasteiger partial charge in [-0.05, 0) is 48.6 Å². The lowest BCUT2D eigenvalue weighted by Gasteiger charge is -2.23. The largest absolute Gasteiger partial charge is 0.416 e. The van der Waals surface area contributed by atoms with Crippen LogP contribution in [-0.4, -0.2) is 54.9 Å². The highest BCUT2D eigenvalue weighted by Crippen LogP contribution is 2.30. The molecule has 0 bridgehead atoms. The van der Waals surface area contributed by atoms with Crippen LogP contribution in [0.3, 0.4) is 0 Å². The molecule has 0 radical (unpaired) electrons. The first kappa shape index (κ1) is 24.1. The van der Waals surface area contributed by atoms with Crippen molar-refractivity contribution in [3.05, 3.63) is 68.7 Å². The molecule has 34 heavy (non-hydrogen) atoms. The third-order valence-corrected chi connectivity index (χ3v) is 6.07. The normalized spacial score (nSPS) is 14.9. The number of nitrogens with zero attached hydrogens (tertiary/aromatic N) is 1. The Kier molecular flexibility index (Phi) is 7.15. The smallest absolute Gasteiger partial charge is 0.370 e. The standard InChI is InChI=1S/C23H23F3N4O3S/c24-23(25,26)16-3-1-4-17(14-16)30-21(32)18-6-5-15(13-19(18)28-22(30)34)20(31)27-7-2-8-29-9-11-33-12-10-29/h1,3-6,13-14H,2,7-12H2,(H,27,31)(H,28,34)/p+1. The van der Waals surface area contributed by atoms with Crippen molar-refractivity contribution in [1.29, 1.82) is 0 Å². The van der Waals surface area contributed by atoms with E-state index in [0.717, 1.165) is 56.0 Å².